The molecule has 1 aliphatic heterocycles. The van der Waals surface area contributed by atoms with E-state index in [0.717, 1.165) is 42.4 Å². The average Bonchev–Trinajstić information content (AvgIpc) is 2.94. The second-order valence-corrected chi connectivity index (χ2v) is 10.2. The van der Waals surface area contributed by atoms with Crippen LogP contribution in [0.25, 0.3) is 11.1 Å². The number of ether oxygens (including phenoxy) is 3. The minimum absolute atomic E-state index is 0.113. The fourth-order valence-corrected chi connectivity index (χ4v) is 4.35. The molecule has 0 radical (unpaired) electrons. The summed E-state index contributed by atoms with van der Waals surface area (Å²) in [4.78, 5) is 12.5. The number of hydrogen-bond donors (Lipinski definition) is 1. The number of halogens is 3. The molecule has 3 unspecified atom stereocenters. The summed E-state index contributed by atoms with van der Waals surface area (Å²) in [6, 6.07) is 14.7. The third-order valence-corrected chi connectivity index (χ3v) is 6.73. The second-order valence-electron chi connectivity index (χ2n) is 10.2. The molecular weight excluding hydrogens is 521 g/mol. The van der Waals surface area contributed by atoms with Crippen molar-refractivity contribution >= 4 is 5.97 Å². The van der Waals surface area contributed by atoms with Gasteiger partial charge in [0.25, 0.3) is 0 Å². The van der Waals surface area contributed by atoms with Crippen LogP contribution in [0.4, 0.5) is 13.2 Å². The molecule has 1 fully saturated rings. The number of carbonyl (C=O) groups is 1. The Balaban J connectivity index is 0.000000708. The van der Waals surface area contributed by atoms with Gasteiger partial charge in [-0.2, -0.15) is 13.2 Å². The van der Waals surface area contributed by atoms with E-state index in [0.29, 0.717) is 13.0 Å². The summed E-state index contributed by atoms with van der Waals surface area (Å²) in [5.74, 6) is -0.713. The van der Waals surface area contributed by atoms with Gasteiger partial charge in [0.15, 0.2) is 6.10 Å². The average molecular weight is 567 g/mol. The van der Waals surface area contributed by atoms with Crippen LogP contribution in [0.1, 0.15) is 94.0 Å². The Morgan fingerprint density at radius 3 is 2.00 bits per heavy atom. The molecule has 1 heterocycles. The summed E-state index contributed by atoms with van der Waals surface area (Å²) in [5, 5.41) is 8.29. The van der Waals surface area contributed by atoms with Crippen molar-refractivity contribution in [3.63, 3.8) is 0 Å². The second kappa shape index (κ2) is 18.1. The van der Waals surface area contributed by atoms with Gasteiger partial charge in [-0.1, -0.05) is 94.3 Å². The Bertz CT molecular complexity index is 956. The molecule has 40 heavy (non-hydrogen) atoms. The number of aliphatic hydroxyl groups excluding tert-OH is 1. The molecule has 0 aromatic heterocycles. The van der Waals surface area contributed by atoms with E-state index in [2.05, 4.69) is 13.8 Å². The first-order valence-electron chi connectivity index (χ1n) is 14.5. The highest BCUT2D eigenvalue weighted by atomic mass is 19.4. The van der Waals surface area contributed by atoms with Crippen LogP contribution in [0.3, 0.4) is 0 Å². The Hall–Kier alpha value is -2.42. The van der Waals surface area contributed by atoms with Crippen molar-refractivity contribution < 1.29 is 37.3 Å². The molecule has 1 aliphatic rings. The highest BCUT2D eigenvalue weighted by Crippen LogP contribution is 2.35. The lowest BCUT2D eigenvalue weighted by Gasteiger charge is -2.36. The van der Waals surface area contributed by atoms with Gasteiger partial charge in [0.2, 0.25) is 6.29 Å². The minimum Gasteiger partial charge on any atom is -0.432 e. The number of alkyl halides is 3. The number of benzene rings is 2. The largest absolute Gasteiger partial charge is 0.432 e. The molecule has 2 aromatic rings. The summed E-state index contributed by atoms with van der Waals surface area (Å²) < 4.78 is 56.5. The number of carbonyl (C=O) groups excluding carboxylic acids is 1. The van der Waals surface area contributed by atoms with Gasteiger partial charge in [0.1, 0.15) is 0 Å². The number of aryl methyl sites for hydroxylation is 1. The lowest BCUT2D eigenvalue weighted by atomic mass is 10.0. The van der Waals surface area contributed by atoms with Gasteiger partial charge >= 0.3 is 12.1 Å². The van der Waals surface area contributed by atoms with Crippen LogP contribution in [-0.4, -0.2) is 49.0 Å². The highest BCUT2D eigenvalue weighted by Gasteiger charge is 2.50. The third-order valence-electron chi connectivity index (χ3n) is 6.73. The predicted octanol–water partition coefficient (Wildman–Crippen LogP) is 8.41. The first-order valence-corrected chi connectivity index (χ1v) is 14.5. The van der Waals surface area contributed by atoms with Crippen molar-refractivity contribution in [2.24, 2.45) is 0 Å². The quantitative estimate of drug-likeness (QED) is 0.195. The summed E-state index contributed by atoms with van der Waals surface area (Å²) in [6.45, 7) is 6.85. The molecule has 8 heteroatoms. The van der Waals surface area contributed by atoms with E-state index in [1.165, 1.54) is 19.3 Å². The molecule has 224 valence electrons. The van der Waals surface area contributed by atoms with Gasteiger partial charge in [0.05, 0.1) is 11.7 Å². The molecule has 3 rings (SSSR count). The molecule has 0 spiro atoms. The first kappa shape index (κ1) is 33.8. The molecule has 0 aliphatic carbocycles. The lowest BCUT2D eigenvalue weighted by molar-refractivity contribution is -0.307. The van der Waals surface area contributed by atoms with Gasteiger partial charge < -0.3 is 19.3 Å². The summed E-state index contributed by atoms with van der Waals surface area (Å²) in [5.41, 5.74) is 3.33. The van der Waals surface area contributed by atoms with Crippen molar-refractivity contribution in [2.75, 3.05) is 13.2 Å². The minimum atomic E-state index is -4.60. The predicted molar refractivity (Wildman–Crippen MR) is 151 cm³/mol. The van der Waals surface area contributed by atoms with Gasteiger partial charge in [-0.15, -0.1) is 0 Å². The van der Waals surface area contributed by atoms with Gasteiger partial charge in [-0.05, 0) is 49.4 Å². The highest BCUT2D eigenvalue weighted by molar-refractivity contribution is 5.90. The molecule has 2 aromatic carbocycles. The maximum absolute atomic E-state index is 13.5. The van der Waals surface area contributed by atoms with Crippen molar-refractivity contribution in [2.45, 2.75) is 110 Å². The summed E-state index contributed by atoms with van der Waals surface area (Å²) in [7, 11) is 0. The normalized spacial score (nSPS) is 19.0. The van der Waals surface area contributed by atoms with E-state index in [1.807, 2.05) is 31.2 Å². The molecule has 1 saturated heterocycles. The fourth-order valence-electron chi connectivity index (χ4n) is 4.35. The van der Waals surface area contributed by atoms with E-state index in [1.54, 1.807) is 24.3 Å². The Morgan fingerprint density at radius 2 is 1.45 bits per heavy atom. The molecule has 0 amide bonds. The van der Waals surface area contributed by atoms with E-state index in [4.69, 9.17) is 19.3 Å². The van der Waals surface area contributed by atoms with Gasteiger partial charge in [-0.25, -0.2) is 4.79 Å². The zero-order valence-corrected chi connectivity index (χ0v) is 24.1. The zero-order valence-electron chi connectivity index (χ0n) is 24.1. The topological polar surface area (TPSA) is 65.0 Å². The lowest BCUT2D eigenvalue weighted by Crippen LogP contribution is -2.50. The van der Waals surface area contributed by atoms with Crippen LogP contribution in [0.2, 0.25) is 0 Å². The van der Waals surface area contributed by atoms with E-state index in [9.17, 15) is 18.0 Å². The van der Waals surface area contributed by atoms with Crippen LogP contribution < -0.4 is 0 Å². The summed E-state index contributed by atoms with van der Waals surface area (Å²) >= 11 is 0. The van der Waals surface area contributed by atoms with Crippen LogP contribution in [0, 0.1) is 6.92 Å². The van der Waals surface area contributed by atoms with Crippen molar-refractivity contribution in [1.82, 2.24) is 0 Å². The van der Waals surface area contributed by atoms with E-state index >= 15 is 0 Å². The maximum Gasteiger partial charge on any atom is 0.417 e. The SMILES string of the molecule is CCCCCCO.CCCCCCOC1CCC(OC(=O)c2ccc(-c3ccc(C)cc3)cc2)OC1C(F)(F)F. The number of unbranched alkanes of at least 4 members (excludes halogenated alkanes) is 6. The van der Waals surface area contributed by atoms with Crippen LogP contribution in [0.15, 0.2) is 48.5 Å². The smallest absolute Gasteiger partial charge is 0.417 e. The van der Waals surface area contributed by atoms with E-state index < -0.39 is 30.6 Å². The molecular formula is C32H45F3O5. The number of esters is 1. The Morgan fingerprint density at radius 1 is 0.875 bits per heavy atom. The maximum atomic E-state index is 13.5. The van der Waals surface area contributed by atoms with Gasteiger partial charge in [0, 0.05) is 19.6 Å². The summed E-state index contributed by atoms with van der Waals surface area (Å²) in [6.07, 6.45) is -0.417. The van der Waals surface area contributed by atoms with Gasteiger partial charge in [-0.3, -0.25) is 0 Å². The standard InChI is InChI=1S/C26H31F3O4.C6H14O/c1-3-4-5-6-17-31-22-15-16-23(32-24(22)26(27,28)29)33-25(30)21-13-11-20(12-14-21)19-9-7-18(2)8-10-19;1-2-3-4-5-6-7/h7-14,22-24H,3-6,15-17H2,1-2H3;7H,2-6H2,1H3. The van der Waals surface area contributed by atoms with Crippen LogP contribution in [-0.2, 0) is 14.2 Å². The number of hydrogen-bond acceptors (Lipinski definition) is 5. The first-order chi connectivity index (χ1) is 19.2. The number of aliphatic hydroxyl groups is 1. The number of rotatable bonds is 13. The fraction of sp³-hybridized carbons (Fsp3) is 0.594. The molecule has 0 saturated carbocycles. The Kier molecular flexibility index (Phi) is 15.3. The van der Waals surface area contributed by atoms with E-state index in [-0.39, 0.29) is 25.0 Å². The third kappa shape index (κ3) is 12.0. The Labute approximate surface area is 237 Å². The monoisotopic (exact) mass is 566 g/mol. The van der Waals surface area contributed by atoms with Crippen LogP contribution in [0.5, 0.6) is 0 Å². The molecule has 1 N–H and O–H groups in total. The molecule has 0 bridgehead atoms. The van der Waals surface area contributed by atoms with Crippen LogP contribution >= 0.6 is 0 Å². The molecule has 3 atom stereocenters. The van der Waals surface area contributed by atoms with Crippen molar-refractivity contribution in [3.8, 4) is 11.1 Å². The molecule has 5 nitrogen and oxygen atoms in total. The van der Waals surface area contributed by atoms with Crippen molar-refractivity contribution in [1.29, 1.82) is 0 Å². The van der Waals surface area contributed by atoms with Crippen molar-refractivity contribution in [3.05, 3.63) is 59.7 Å². The zero-order chi connectivity index (χ0) is 29.4.